The third-order valence-corrected chi connectivity index (χ3v) is 3.83. The van der Waals surface area contributed by atoms with Gasteiger partial charge < -0.3 is 19.7 Å². The van der Waals surface area contributed by atoms with E-state index in [0.29, 0.717) is 17.1 Å². The molecular weight excluding hydrogens is 346 g/mol. The quantitative estimate of drug-likeness (QED) is 0.665. The minimum absolute atomic E-state index is 0.149. The van der Waals surface area contributed by atoms with Gasteiger partial charge in [0.15, 0.2) is 0 Å². The number of ether oxygens (including phenoxy) is 1. The lowest BCUT2D eigenvalue weighted by molar-refractivity contribution is -0.125. The zero-order valence-corrected chi connectivity index (χ0v) is 15.1. The van der Waals surface area contributed by atoms with Crippen LogP contribution < -0.4 is 10.1 Å². The summed E-state index contributed by atoms with van der Waals surface area (Å²) in [5, 5.41) is 16.2. The number of rotatable bonds is 7. The summed E-state index contributed by atoms with van der Waals surface area (Å²) in [4.78, 5) is 16.2. The van der Waals surface area contributed by atoms with Gasteiger partial charge in [0.25, 0.3) is 5.89 Å². The Hall–Kier alpha value is -3.19. The van der Waals surface area contributed by atoms with Gasteiger partial charge in [-0.05, 0) is 24.3 Å². The highest BCUT2D eigenvalue weighted by Gasteiger charge is 2.22. The van der Waals surface area contributed by atoms with Crippen molar-refractivity contribution in [3.05, 3.63) is 60.5 Å². The lowest BCUT2D eigenvalue weighted by Gasteiger charge is -2.13. The van der Waals surface area contributed by atoms with Crippen molar-refractivity contribution in [1.82, 2.24) is 15.5 Å². The normalized spacial score (nSPS) is 12.0. The molecule has 0 saturated carbocycles. The molecule has 0 radical (unpaired) electrons. The number of carbonyl (C=O) groups is 1. The number of para-hydroxylation sites is 1. The molecule has 140 valence electrons. The zero-order valence-electron chi connectivity index (χ0n) is 15.1. The van der Waals surface area contributed by atoms with E-state index in [9.17, 15) is 9.90 Å². The maximum atomic E-state index is 11.9. The molecule has 0 aliphatic heterocycles. The Balaban J connectivity index is 1.77. The molecule has 1 amide bonds. The summed E-state index contributed by atoms with van der Waals surface area (Å²) in [6, 6.07) is 16.0. The standard InChI is InChI=1S/C20H21N3O4/c1-13(2)19(25)21-17(12-24)20-22-18(23-27-20)14-7-6-10-16(11-14)26-15-8-4-3-5-9-15/h3-11,13,17,24H,12H2,1-2H3,(H,21,25)/t17-/m0/s1. The maximum absolute atomic E-state index is 11.9. The zero-order chi connectivity index (χ0) is 19.2. The molecule has 7 nitrogen and oxygen atoms in total. The van der Waals surface area contributed by atoms with Crippen LogP contribution in [0.4, 0.5) is 0 Å². The van der Waals surface area contributed by atoms with Crippen LogP contribution in [-0.4, -0.2) is 27.8 Å². The van der Waals surface area contributed by atoms with E-state index in [-0.39, 0.29) is 24.3 Å². The average molecular weight is 367 g/mol. The average Bonchev–Trinajstić information content (AvgIpc) is 3.17. The van der Waals surface area contributed by atoms with E-state index in [1.807, 2.05) is 48.5 Å². The molecule has 0 fully saturated rings. The predicted molar refractivity (Wildman–Crippen MR) is 99.1 cm³/mol. The molecule has 27 heavy (non-hydrogen) atoms. The van der Waals surface area contributed by atoms with Gasteiger partial charge in [-0.15, -0.1) is 0 Å². The van der Waals surface area contributed by atoms with Crippen LogP contribution in [0, 0.1) is 5.92 Å². The van der Waals surface area contributed by atoms with E-state index in [1.54, 1.807) is 19.9 Å². The fourth-order valence-electron chi connectivity index (χ4n) is 2.34. The fraction of sp³-hybridized carbons (Fsp3) is 0.250. The van der Waals surface area contributed by atoms with Gasteiger partial charge in [-0.2, -0.15) is 4.98 Å². The molecule has 0 unspecified atom stereocenters. The van der Waals surface area contributed by atoms with Crippen LogP contribution in [0.2, 0.25) is 0 Å². The van der Waals surface area contributed by atoms with E-state index in [1.165, 1.54) is 0 Å². The van der Waals surface area contributed by atoms with E-state index < -0.39 is 6.04 Å². The monoisotopic (exact) mass is 367 g/mol. The molecule has 2 N–H and O–H groups in total. The van der Waals surface area contributed by atoms with Crippen LogP contribution >= 0.6 is 0 Å². The van der Waals surface area contributed by atoms with Crippen LogP contribution in [0.3, 0.4) is 0 Å². The van der Waals surface area contributed by atoms with Gasteiger partial charge in [-0.25, -0.2) is 0 Å². The van der Waals surface area contributed by atoms with Gasteiger partial charge in [-0.3, -0.25) is 4.79 Å². The Bertz CT molecular complexity index is 893. The smallest absolute Gasteiger partial charge is 0.251 e. The Morgan fingerprint density at radius 3 is 2.59 bits per heavy atom. The summed E-state index contributed by atoms with van der Waals surface area (Å²) in [6.45, 7) is 3.19. The van der Waals surface area contributed by atoms with Gasteiger partial charge in [0.1, 0.15) is 17.5 Å². The second-order valence-corrected chi connectivity index (χ2v) is 6.30. The number of aliphatic hydroxyl groups is 1. The van der Waals surface area contributed by atoms with Crippen LogP contribution in [0.1, 0.15) is 25.8 Å². The van der Waals surface area contributed by atoms with Gasteiger partial charge in [-0.1, -0.05) is 49.3 Å². The number of aromatic nitrogens is 2. The van der Waals surface area contributed by atoms with E-state index in [0.717, 1.165) is 5.75 Å². The van der Waals surface area contributed by atoms with Crippen molar-refractivity contribution in [2.75, 3.05) is 6.61 Å². The number of nitrogens with zero attached hydrogens (tertiary/aromatic N) is 2. The lowest BCUT2D eigenvalue weighted by atomic mass is 10.2. The third kappa shape index (κ3) is 4.71. The van der Waals surface area contributed by atoms with Gasteiger partial charge >= 0.3 is 0 Å². The first-order valence-corrected chi connectivity index (χ1v) is 8.65. The van der Waals surface area contributed by atoms with Crippen molar-refractivity contribution in [2.24, 2.45) is 5.92 Å². The number of hydrogen-bond donors (Lipinski definition) is 2. The predicted octanol–water partition coefficient (Wildman–Crippen LogP) is 3.33. The molecule has 3 rings (SSSR count). The first kappa shape index (κ1) is 18.6. The molecule has 0 spiro atoms. The summed E-state index contributed by atoms with van der Waals surface area (Å²) in [5.41, 5.74) is 0.699. The SMILES string of the molecule is CC(C)C(=O)N[C@@H](CO)c1nc(-c2cccc(Oc3ccccc3)c2)no1. The highest BCUT2D eigenvalue weighted by Crippen LogP contribution is 2.26. The molecule has 3 aromatic rings. The van der Waals surface area contributed by atoms with Crippen molar-refractivity contribution in [2.45, 2.75) is 19.9 Å². The third-order valence-electron chi connectivity index (χ3n) is 3.83. The van der Waals surface area contributed by atoms with Crippen LogP contribution in [0.15, 0.2) is 59.1 Å². The molecule has 0 aliphatic rings. The number of benzene rings is 2. The van der Waals surface area contributed by atoms with Crippen molar-refractivity contribution in [1.29, 1.82) is 0 Å². The summed E-state index contributed by atoms with van der Waals surface area (Å²) in [7, 11) is 0. The first-order chi connectivity index (χ1) is 13.1. The molecule has 1 atom stereocenters. The van der Waals surface area contributed by atoms with Crippen LogP contribution in [0.25, 0.3) is 11.4 Å². The number of amides is 1. The van der Waals surface area contributed by atoms with E-state index >= 15 is 0 Å². The molecule has 7 heteroatoms. The second kappa shape index (κ2) is 8.46. The molecule has 2 aromatic carbocycles. The number of aliphatic hydroxyl groups excluding tert-OH is 1. The Kier molecular flexibility index (Phi) is 5.83. The molecular formula is C20H21N3O4. The van der Waals surface area contributed by atoms with E-state index in [4.69, 9.17) is 9.26 Å². The Morgan fingerprint density at radius 1 is 1.15 bits per heavy atom. The second-order valence-electron chi connectivity index (χ2n) is 6.30. The lowest BCUT2D eigenvalue weighted by Crippen LogP contribution is -2.33. The number of carbonyl (C=O) groups excluding carboxylic acids is 1. The maximum Gasteiger partial charge on any atom is 0.251 e. The summed E-state index contributed by atoms with van der Waals surface area (Å²) >= 11 is 0. The van der Waals surface area contributed by atoms with Crippen molar-refractivity contribution >= 4 is 5.91 Å². The summed E-state index contributed by atoms with van der Waals surface area (Å²) in [6.07, 6.45) is 0. The Morgan fingerprint density at radius 2 is 1.89 bits per heavy atom. The minimum atomic E-state index is -0.745. The van der Waals surface area contributed by atoms with Gasteiger partial charge in [0, 0.05) is 11.5 Å². The van der Waals surface area contributed by atoms with Crippen molar-refractivity contribution in [3.63, 3.8) is 0 Å². The van der Waals surface area contributed by atoms with Crippen LogP contribution in [-0.2, 0) is 4.79 Å². The highest BCUT2D eigenvalue weighted by atomic mass is 16.5. The summed E-state index contributed by atoms with van der Waals surface area (Å²) in [5.74, 6) is 1.44. The minimum Gasteiger partial charge on any atom is -0.457 e. The number of hydrogen-bond acceptors (Lipinski definition) is 6. The van der Waals surface area contributed by atoms with Gasteiger partial charge in [0.2, 0.25) is 11.7 Å². The van der Waals surface area contributed by atoms with Crippen molar-refractivity contribution < 1.29 is 19.2 Å². The van der Waals surface area contributed by atoms with Crippen LogP contribution in [0.5, 0.6) is 11.5 Å². The molecule has 0 saturated heterocycles. The molecule has 1 aromatic heterocycles. The molecule has 0 aliphatic carbocycles. The Labute approximate surface area is 157 Å². The largest absolute Gasteiger partial charge is 0.457 e. The summed E-state index contributed by atoms with van der Waals surface area (Å²) < 4.78 is 11.0. The van der Waals surface area contributed by atoms with Crippen molar-refractivity contribution in [3.8, 4) is 22.9 Å². The fourth-order valence-corrected chi connectivity index (χ4v) is 2.34. The van der Waals surface area contributed by atoms with Gasteiger partial charge in [0.05, 0.1) is 6.61 Å². The van der Waals surface area contributed by atoms with E-state index in [2.05, 4.69) is 15.5 Å². The first-order valence-electron chi connectivity index (χ1n) is 8.65. The molecule has 1 heterocycles. The number of nitrogens with one attached hydrogen (secondary N) is 1. The topological polar surface area (TPSA) is 97.5 Å². The highest BCUT2D eigenvalue weighted by molar-refractivity contribution is 5.78. The molecule has 0 bridgehead atoms.